The third-order valence-corrected chi connectivity index (χ3v) is 7.00. The summed E-state index contributed by atoms with van der Waals surface area (Å²) in [4.78, 5) is 32.2. The lowest BCUT2D eigenvalue weighted by Crippen LogP contribution is -2.26. The molecule has 4 heterocycles. The van der Waals surface area contributed by atoms with Gasteiger partial charge in [-0.15, -0.1) is 0 Å². The maximum atomic E-state index is 11.9. The molecule has 5 rings (SSSR count). The average molecular weight is 485 g/mol. The van der Waals surface area contributed by atoms with E-state index in [4.69, 9.17) is 4.74 Å². The minimum Gasteiger partial charge on any atom is -0.463 e. The van der Waals surface area contributed by atoms with Crippen LogP contribution in [0.25, 0.3) is 10.3 Å². The first-order chi connectivity index (χ1) is 17.2. The van der Waals surface area contributed by atoms with E-state index in [0.717, 1.165) is 41.7 Å². The Morgan fingerprint density at radius 1 is 1.20 bits per heavy atom. The molecular weight excluding hydrogens is 460 g/mol. The lowest BCUT2D eigenvalue weighted by Gasteiger charge is -2.15. The van der Waals surface area contributed by atoms with Crippen LogP contribution >= 0.6 is 11.3 Å². The SMILES string of the molecule is N#CC(c1ccnc(OCCC2=CC=C(CN3CCCC3=O)C=CC2)n1)c1nc2cccnc2s1. The number of fused-ring (bicyclic) bond motifs is 1. The number of aromatic nitrogens is 4. The Balaban J connectivity index is 1.20. The van der Waals surface area contributed by atoms with Crippen molar-refractivity contribution >= 4 is 27.6 Å². The van der Waals surface area contributed by atoms with Crippen LogP contribution in [-0.2, 0) is 4.79 Å². The minimum absolute atomic E-state index is 0.238. The predicted octanol–water partition coefficient (Wildman–Crippen LogP) is 4.34. The fraction of sp³-hybridized carbons (Fsp3) is 0.308. The second kappa shape index (κ2) is 10.6. The summed E-state index contributed by atoms with van der Waals surface area (Å²) in [5.41, 5.74) is 3.70. The van der Waals surface area contributed by atoms with Crippen molar-refractivity contribution in [1.82, 2.24) is 24.8 Å². The summed E-state index contributed by atoms with van der Waals surface area (Å²) < 4.78 is 5.83. The summed E-state index contributed by atoms with van der Waals surface area (Å²) in [5.74, 6) is -0.373. The van der Waals surface area contributed by atoms with Crippen molar-refractivity contribution in [2.75, 3.05) is 19.7 Å². The number of nitriles is 1. The molecule has 0 saturated carbocycles. The molecular formula is C26H24N6O2S. The number of carbonyl (C=O) groups excluding carboxylic acids is 1. The molecule has 8 nitrogen and oxygen atoms in total. The summed E-state index contributed by atoms with van der Waals surface area (Å²) >= 11 is 1.39. The Hall–Kier alpha value is -3.90. The monoisotopic (exact) mass is 484 g/mol. The summed E-state index contributed by atoms with van der Waals surface area (Å²) in [6.07, 6.45) is 14.9. The molecule has 1 fully saturated rings. The Kier molecular flexibility index (Phi) is 6.91. The van der Waals surface area contributed by atoms with Crippen LogP contribution in [0.5, 0.6) is 6.01 Å². The zero-order valence-electron chi connectivity index (χ0n) is 19.1. The number of pyridine rings is 1. The molecule has 3 aromatic heterocycles. The van der Waals surface area contributed by atoms with E-state index in [1.54, 1.807) is 18.5 Å². The number of rotatable bonds is 8. The highest BCUT2D eigenvalue weighted by Gasteiger charge is 2.22. The van der Waals surface area contributed by atoms with Crippen LogP contribution < -0.4 is 4.74 Å². The van der Waals surface area contributed by atoms with Crippen LogP contribution in [0.15, 0.2) is 66.0 Å². The van der Waals surface area contributed by atoms with Gasteiger partial charge < -0.3 is 9.64 Å². The first-order valence-electron chi connectivity index (χ1n) is 11.6. The summed E-state index contributed by atoms with van der Waals surface area (Å²) in [5, 5.41) is 10.5. The van der Waals surface area contributed by atoms with Gasteiger partial charge in [-0.3, -0.25) is 4.79 Å². The fourth-order valence-corrected chi connectivity index (χ4v) is 5.07. The standard InChI is InChI=1S/C26H24N6O2S/c27-16-20(24-30-22-6-2-12-28-25(22)35-24)21-10-13-29-26(31-21)34-15-11-18-4-1-5-19(9-8-18)17-32-14-3-7-23(32)33/h1-2,5-6,8-10,12-13,20H,3-4,7,11,14-15,17H2. The van der Waals surface area contributed by atoms with Crippen molar-refractivity contribution in [3.8, 4) is 12.1 Å². The largest absolute Gasteiger partial charge is 0.463 e. The molecule has 9 heteroatoms. The van der Waals surface area contributed by atoms with E-state index in [-0.39, 0.29) is 11.9 Å². The van der Waals surface area contributed by atoms with Gasteiger partial charge in [-0.1, -0.05) is 41.2 Å². The molecule has 1 atom stereocenters. The molecule has 2 aliphatic rings. The predicted molar refractivity (Wildman–Crippen MR) is 133 cm³/mol. The average Bonchev–Trinajstić information content (AvgIpc) is 3.41. The molecule has 35 heavy (non-hydrogen) atoms. The molecule has 1 amide bonds. The number of ether oxygens (including phenoxy) is 1. The van der Waals surface area contributed by atoms with Crippen LogP contribution in [0.3, 0.4) is 0 Å². The highest BCUT2D eigenvalue weighted by molar-refractivity contribution is 7.18. The minimum atomic E-state index is -0.611. The number of likely N-dealkylation sites (tertiary alicyclic amines) is 1. The van der Waals surface area contributed by atoms with Crippen LogP contribution in [0.2, 0.25) is 0 Å². The maximum absolute atomic E-state index is 11.9. The zero-order chi connectivity index (χ0) is 24.0. The van der Waals surface area contributed by atoms with Crippen molar-refractivity contribution in [3.63, 3.8) is 0 Å². The Labute approximate surface area is 207 Å². The lowest BCUT2D eigenvalue weighted by molar-refractivity contribution is -0.127. The Morgan fingerprint density at radius 3 is 2.97 bits per heavy atom. The van der Waals surface area contributed by atoms with Gasteiger partial charge in [0.2, 0.25) is 5.91 Å². The van der Waals surface area contributed by atoms with Crippen LogP contribution in [0.4, 0.5) is 0 Å². The highest BCUT2D eigenvalue weighted by atomic mass is 32.1. The topological polar surface area (TPSA) is 105 Å². The number of hydrogen-bond donors (Lipinski definition) is 0. The van der Waals surface area contributed by atoms with Crippen molar-refractivity contribution in [2.24, 2.45) is 0 Å². The van der Waals surface area contributed by atoms with E-state index >= 15 is 0 Å². The Morgan fingerprint density at radius 2 is 2.14 bits per heavy atom. The van der Waals surface area contributed by atoms with Crippen molar-refractivity contribution in [2.45, 2.75) is 31.6 Å². The van der Waals surface area contributed by atoms with Gasteiger partial charge in [-0.05, 0) is 36.6 Å². The molecule has 0 spiro atoms. The van der Waals surface area contributed by atoms with Gasteiger partial charge in [0.1, 0.15) is 21.3 Å². The number of nitrogens with zero attached hydrogens (tertiary/aromatic N) is 6. The molecule has 0 N–H and O–H groups in total. The molecule has 1 aliphatic heterocycles. The van der Waals surface area contributed by atoms with Gasteiger partial charge in [0.25, 0.3) is 0 Å². The second-order valence-electron chi connectivity index (χ2n) is 8.40. The molecule has 0 bridgehead atoms. The summed E-state index contributed by atoms with van der Waals surface area (Å²) in [6, 6.07) is 7.97. The normalized spacial score (nSPS) is 16.5. The maximum Gasteiger partial charge on any atom is 0.316 e. The number of amides is 1. The lowest BCUT2D eigenvalue weighted by atomic mass is 10.1. The van der Waals surface area contributed by atoms with E-state index in [1.165, 1.54) is 16.9 Å². The third-order valence-electron chi connectivity index (χ3n) is 5.95. The molecule has 0 aromatic carbocycles. The highest BCUT2D eigenvalue weighted by Crippen LogP contribution is 2.30. The van der Waals surface area contributed by atoms with E-state index in [2.05, 4.69) is 50.3 Å². The molecule has 1 unspecified atom stereocenters. The van der Waals surface area contributed by atoms with Gasteiger partial charge in [-0.2, -0.15) is 10.2 Å². The first-order valence-corrected chi connectivity index (χ1v) is 12.4. The van der Waals surface area contributed by atoms with Gasteiger partial charge in [0, 0.05) is 38.3 Å². The second-order valence-corrected chi connectivity index (χ2v) is 9.41. The van der Waals surface area contributed by atoms with Crippen molar-refractivity contribution < 1.29 is 9.53 Å². The fourth-order valence-electron chi connectivity index (χ4n) is 4.11. The Bertz CT molecular complexity index is 1340. The van der Waals surface area contributed by atoms with Gasteiger partial charge in [0.05, 0.1) is 18.4 Å². The summed E-state index contributed by atoms with van der Waals surface area (Å²) in [6.45, 7) is 1.94. The van der Waals surface area contributed by atoms with Gasteiger partial charge >= 0.3 is 6.01 Å². The quantitative estimate of drug-likeness (QED) is 0.468. The smallest absolute Gasteiger partial charge is 0.316 e. The molecule has 1 saturated heterocycles. The van der Waals surface area contributed by atoms with E-state index < -0.39 is 5.92 Å². The molecule has 3 aromatic rings. The van der Waals surface area contributed by atoms with Crippen LogP contribution in [-0.4, -0.2) is 50.4 Å². The van der Waals surface area contributed by atoms with Gasteiger partial charge in [-0.25, -0.2) is 15.0 Å². The summed E-state index contributed by atoms with van der Waals surface area (Å²) in [7, 11) is 0. The molecule has 176 valence electrons. The number of carbonyl (C=O) groups is 1. The van der Waals surface area contributed by atoms with E-state index in [0.29, 0.717) is 30.3 Å². The third kappa shape index (κ3) is 5.44. The van der Waals surface area contributed by atoms with E-state index in [9.17, 15) is 10.1 Å². The van der Waals surface area contributed by atoms with Crippen molar-refractivity contribution in [1.29, 1.82) is 5.26 Å². The van der Waals surface area contributed by atoms with Crippen LogP contribution in [0.1, 0.15) is 42.3 Å². The number of hydrogen-bond acceptors (Lipinski definition) is 8. The van der Waals surface area contributed by atoms with Crippen molar-refractivity contribution in [3.05, 3.63) is 76.7 Å². The van der Waals surface area contributed by atoms with E-state index in [1.807, 2.05) is 17.0 Å². The first kappa shape index (κ1) is 22.9. The number of allylic oxidation sites excluding steroid dienone is 3. The van der Waals surface area contributed by atoms with Gasteiger partial charge in [0.15, 0.2) is 0 Å². The zero-order valence-corrected chi connectivity index (χ0v) is 19.9. The molecule has 1 aliphatic carbocycles. The molecule has 0 radical (unpaired) electrons. The number of thiazole rings is 1. The van der Waals surface area contributed by atoms with Crippen LogP contribution in [0, 0.1) is 11.3 Å².